The summed E-state index contributed by atoms with van der Waals surface area (Å²) in [6.07, 6.45) is 6.65. The molecule has 0 radical (unpaired) electrons. The van der Waals surface area contributed by atoms with E-state index in [1.54, 1.807) is 5.57 Å². The number of rotatable bonds is 1. The van der Waals surface area contributed by atoms with Gasteiger partial charge in [0.15, 0.2) is 0 Å². The molecule has 0 amide bonds. The van der Waals surface area contributed by atoms with Crippen molar-refractivity contribution in [2.75, 3.05) is 0 Å². The predicted octanol–water partition coefficient (Wildman–Crippen LogP) is 3.00. The van der Waals surface area contributed by atoms with Gasteiger partial charge in [0.2, 0.25) is 0 Å². The van der Waals surface area contributed by atoms with Gasteiger partial charge in [-0.15, -0.1) is 0 Å². The van der Waals surface area contributed by atoms with Gasteiger partial charge in [0.25, 0.3) is 0 Å². The molecule has 2 rings (SSSR count). The quantitative estimate of drug-likeness (QED) is 0.486. The van der Waals surface area contributed by atoms with Gasteiger partial charge in [0.1, 0.15) is 0 Å². The van der Waals surface area contributed by atoms with Crippen LogP contribution in [-0.4, -0.2) is 0 Å². The summed E-state index contributed by atoms with van der Waals surface area (Å²) < 4.78 is 0. The Labute approximate surface area is 63.3 Å². The Kier molecular flexibility index (Phi) is 1.36. The summed E-state index contributed by atoms with van der Waals surface area (Å²) in [5, 5.41) is 0. The lowest BCUT2D eigenvalue weighted by molar-refractivity contribution is 0.214. The third kappa shape index (κ3) is 0.680. The molecular formula is C10H16. The van der Waals surface area contributed by atoms with E-state index in [9.17, 15) is 0 Å². The van der Waals surface area contributed by atoms with Crippen LogP contribution in [0.3, 0.4) is 0 Å². The molecule has 0 heterocycles. The number of hydrogen-bond donors (Lipinski definition) is 0. The third-order valence-electron chi connectivity index (χ3n) is 3.32. The first-order valence-electron chi connectivity index (χ1n) is 4.52. The molecule has 10 heavy (non-hydrogen) atoms. The monoisotopic (exact) mass is 136 g/mol. The molecule has 0 aliphatic heterocycles. The molecule has 2 aliphatic rings. The van der Waals surface area contributed by atoms with Crippen molar-refractivity contribution >= 4 is 0 Å². The van der Waals surface area contributed by atoms with Gasteiger partial charge in [0, 0.05) is 0 Å². The second kappa shape index (κ2) is 2.11. The second-order valence-corrected chi connectivity index (χ2v) is 3.89. The van der Waals surface area contributed by atoms with Crippen LogP contribution in [0.25, 0.3) is 0 Å². The Morgan fingerprint density at radius 1 is 1.60 bits per heavy atom. The van der Waals surface area contributed by atoms with E-state index in [1.165, 1.54) is 19.3 Å². The first-order valence-corrected chi connectivity index (χ1v) is 4.52. The average Bonchev–Trinajstić information content (AvgIpc) is 2.09. The zero-order valence-corrected chi connectivity index (χ0v) is 6.93. The maximum Gasteiger partial charge on any atom is -0.0143 e. The highest BCUT2D eigenvalue weighted by atomic mass is 14.4. The van der Waals surface area contributed by atoms with Crippen molar-refractivity contribution in [3.8, 4) is 0 Å². The number of hydrogen-bond acceptors (Lipinski definition) is 0. The zero-order chi connectivity index (χ0) is 7.14. The van der Waals surface area contributed by atoms with Crippen LogP contribution in [0.2, 0.25) is 0 Å². The van der Waals surface area contributed by atoms with Crippen LogP contribution < -0.4 is 0 Å². The fraction of sp³-hybridized carbons (Fsp3) is 0.800. The first kappa shape index (κ1) is 6.45. The van der Waals surface area contributed by atoms with Crippen molar-refractivity contribution in [2.45, 2.75) is 33.1 Å². The van der Waals surface area contributed by atoms with Crippen molar-refractivity contribution in [1.82, 2.24) is 0 Å². The lowest BCUT2D eigenvalue weighted by atomic mass is 9.66. The van der Waals surface area contributed by atoms with E-state index in [-0.39, 0.29) is 0 Å². The van der Waals surface area contributed by atoms with Gasteiger partial charge in [-0.25, -0.2) is 0 Å². The maximum atomic E-state index is 2.47. The smallest absolute Gasteiger partial charge is 0.0143 e. The van der Waals surface area contributed by atoms with Crippen molar-refractivity contribution in [3.63, 3.8) is 0 Å². The maximum absolute atomic E-state index is 2.47. The largest absolute Gasteiger partial charge is 0.0847 e. The summed E-state index contributed by atoms with van der Waals surface area (Å²) in [7, 11) is 0. The highest BCUT2D eigenvalue weighted by Gasteiger charge is 2.40. The summed E-state index contributed by atoms with van der Waals surface area (Å²) in [5.41, 5.74) is 1.78. The van der Waals surface area contributed by atoms with Crippen molar-refractivity contribution in [3.05, 3.63) is 11.6 Å². The average molecular weight is 136 g/mol. The summed E-state index contributed by atoms with van der Waals surface area (Å²) in [4.78, 5) is 0. The minimum absolute atomic E-state index is 0.966. The molecule has 1 saturated carbocycles. The van der Waals surface area contributed by atoms with Gasteiger partial charge in [-0.05, 0) is 30.6 Å². The molecule has 0 nitrogen and oxygen atoms in total. The third-order valence-corrected chi connectivity index (χ3v) is 3.32. The van der Waals surface area contributed by atoms with E-state index in [0.717, 1.165) is 17.8 Å². The molecule has 3 unspecified atom stereocenters. The molecule has 0 bridgehead atoms. The van der Waals surface area contributed by atoms with Gasteiger partial charge >= 0.3 is 0 Å². The topological polar surface area (TPSA) is 0 Å². The van der Waals surface area contributed by atoms with Gasteiger partial charge in [-0.3, -0.25) is 0 Å². The molecule has 56 valence electrons. The Balaban J connectivity index is 2.07. The molecule has 0 N–H and O–H groups in total. The van der Waals surface area contributed by atoms with Crippen LogP contribution in [0.1, 0.15) is 33.1 Å². The van der Waals surface area contributed by atoms with E-state index in [4.69, 9.17) is 0 Å². The molecule has 0 aromatic heterocycles. The molecule has 0 spiro atoms. The molecule has 0 heteroatoms. The number of allylic oxidation sites excluding steroid dienone is 2. The Morgan fingerprint density at radius 2 is 2.40 bits per heavy atom. The SMILES string of the molecule is CCC1CC2=CCC(C)C21. The lowest BCUT2D eigenvalue weighted by Gasteiger charge is -2.39. The Morgan fingerprint density at radius 3 is 3.00 bits per heavy atom. The fourth-order valence-electron chi connectivity index (χ4n) is 2.64. The lowest BCUT2D eigenvalue weighted by Crippen LogP contribution is -2.29. The van der Waals surface area contributed by atoms with Crippen LogP contribution in [0.15, 0.2) is 11.6 Å². The van der Waals surface area contributed by atoms with E-state index in [0.29, 0.717) is 0 Å². The van der Waals surface area contributed by atoms with E-state index >= 15 is 0 Å². The van der Waals surface area contributed by atoms with Crippen molar-refractivity contribution in [1.29, 1.82) is 0 Å². The van der Waals surface area contributed by atoms with Crippen LogP contribution >= 0.6 is 0 Å². The number of fused-ring (bicyclic) bond motifs is 1. The molecule has 1 fully saturated rings. The van der Waals surface area contributed by atoms with Crippen molar-refractivity contribution in [2.24, 2.45) is 17.8 Å². The van der Waals surface area contributed by atoms with E-state index < -0.39 is 0 Å². The fourth-order valence-corrected chi connectivity index (χ4v) is 2.64. The van der Waals surface area contributed by atoms with Gasteiger partial charge in [-0.2, -0.15) is 0 Å². The molecular weight excluding hydrogens is 120 g/mol. The Bertz CT molecular complexity index is 167. The van der Waals surface area contributed by atoms with Gasteiger partial charge in [-0.1, -0.05) is 31.9 Å². The molecule has 0 aromatic carbocycles. The van der Waals surface area contributed by atoms with E-state index in [1.807, 2.05) is 0 Å². The summed E-state index contributed by atoms with van der Waals surface area (Å²) >= 11 is 0. The second-order valence-electron chi connectivity index (χ2n) is 3.89. The zero-order valence-electron chi connectivity index (χ0n) is 6.93. The summed E-state index contributed by atoms with van der Waals surface area (Å²) in [6, 6.07) is 0. The molecule has 0 aromatic rings. The van der Waals surface area contributed by atoms with Crippen LogP contribution in [0, 0.1) is 17.8 Å². The Hall–Kier alpha value is -0.260. The van der Waals surface area contributed by atoms with Crippen molar-refractivity contribution < 1.29 is 0 Å². The van der Waals surface area contributed by atoms with Crippen LogP contribution in [0.4, 0.5) is 0 Å². The molecule has 0 saturated heterocycles. The normalized spacial score (nSPS) is 44.2. The predicted molar refractivity (Wildman–Crippen MR) is 43.8 cm³/mol. The molecule has 3 atom stereocenters. The summed E-state index contributed by atoms with van der Waals surface area (Å²) in [5.74, 6) is 3.02. The molecule has 2 aliphatic carbocycles. The van der Waals surface area contributed by atoms with Gasteiger partial charge < -0.3 is 0 Å². The highest BCUT2D eigenvalue weighted by molar-refractivity contribution is 5.24. The van der Waals surface area contributed by atoms with Gasteiger partial charge in [0.05, 0.1) is 0 Å². The first-order chi connectivity index (χ1) is 4.83. The van der Waals surface area contributed by atoms with E-state index in [2.05, 4.69) is 19.9 Å². The minimum Gasteiger partial charge on any atom is -0.0847 e. The van der Waals surface area contributed by atoms with Crippen LogP contribution in [-0.2, 0) is 0 Å². The summed E-state index contributed by atoms with van der Waals surface area (Å²) in [6.45, 7) is 4.72. The standard InChI is InChI=1S/C10H16/c1-3-8-6-9-5-4-7(2)10(8)9/h5,7-8,10H,3-4,6H2,1-2H3. The highest BCUT2D eigenvalue weighted by Crippen LogP contribution is 2.51. The van der Waals surface area contributed by atoms with Crippen LogP contribution in [0.5, 0.6) is 0 Å². The minimum atomic E-state index is 0.966.